The Kier molecular flexibility index (Phi) is 3.19. The van der Waals surface area contributed by atoms with Crippen molar-refractivity contribution < 1.29 is 0 Å². The number of nitrogen functional groups attached to an aromatic ring is 1. The molecule has 0 spiro atoms. The molecule has 0 saturated carbocycles. The van der Waals surface area contributed by atoms with Crippen molar-refractivity contribution in [2.45, 2.75) is 6.92 Å². The lowest BCUT2D eigenvalue weighted by Crippen LogP contribution is -1.99. The number of hydrogen-bond acceptors (Lipinski definition) is 5. The van der Waals surface area contributed by atoms with Gasteiger partial charge in [0.25, 0.3) is 0 Å². The van der Waals surface area contributed by atoms with Crippen molar-refractivity contribution in [1.29, 1.82) is 0 Å². The summed E-state index contributed by atoms with van der Waals surface area (Å²) in [6.45, 7) is 5.57. The average Bonchev–Trinajstić information content (AvgIpc) is 2.88. The van der Waals surface area contributed by atoms with Crippen LogP contribution in [0, 0.1) is 6.92 Å². The van der Waals surface area contributed by atoms with Gasteiger partial charge in [-0.1, -0.05) is 12.7 Å². The highest BCUT2D eigenvalue weighted by Crippen LogP contribution is 2.27. The van der Waals surface area contributed by atoms with Crippen LogP contribution in [0.15, 0.2) is 48.4 Å². The molecular formula is C15H14N6. The minimum atomic E-state index is 0.244. The van der Waals surface area contributed by atoms with Gasteiger partial charge >= 0.3 is 0 Å². The topological polar surface area (TPSA) is 81.5 Å². The fourth-order valence-electron chi connectivity index (χ4n) is 2.13. The van der Waals surface area contributed by atoms with Crippen LogP contribution in [0.25, 0.3) is 16.6 Å². The van der Waals surface area contributed by atoms with E-state index in [4.69, 9.17) is 5.73 Å². The molecule has 0 aromatic carbocycles. The van der Waals surface area contributed by atoms with E-state index in [0.717, 1.165) is 22.2 Å². The zero-order valence-electron chi connectivity index (χ0n) is 11.6. The maximum Gasteiger partial charge on any atom is 0.238 e. The Morgan fingerprint density at radius 2 is 2.19 bits per heavy atom. The molecule has 0 aliphatic carbocycles. The molecule has 6 heteroatoms. The number of aliphatic imine (C=N–C) groups is 1. The van der Waals surface area contributed by atoms with Crippen LogP contribution < -0.4 is 5.73 Å². The van der Waals surface area contributed by atoms with Crippen molar-refractivity contribution in [3.63, 3.8) is 0 Å². The summed E-state index contributed by atoms with van der Waals surface area (Å²) in [6.07, 6.45) is 8.59. The summed E-state index contributed by atoms with van der Waals surface area (Å²) in [7, 11) is 0. The van der Waals surface area contributed by atoms with Crippen LogP contribution in [0.5, 0.6) is 0 Å². The van der Waals surface area contributed by atoms with E-state index in [1.165, 1.54) is 0 Å². The normalized spacial score (nSPS) is 11.3. The molecule has 6 nitrogen and oxygen atoms in total. The molecule has 2 N–H and O–H groups in total. The lowest BCUT2D eigenvalue weighted by molar-refractivity contribution is 0.918. The highest BCUT2D eigenvalue weighted by molar-refractivity contribution is 5.81. The van der Waals surface area contributed by atoms with E-state index in [1.807, 2.05) is 25.3 Å². The van der Waals surface area contributed by atoms with Crippen molar-refractivity contribution in [2.75, 3.05) is 5.73 Å². The van der Waals surface area contributed by atoms with Crippen molar-refractivity contribution in [3.8, 4) is 11.1 Å². The summed E-state index contributed by atoms with van der Waals surface area (Å²) in [5.41, 5.74) is 9.44. The summed E-state index contributed by atoms with van der Waals surface area (Å²) in [6, 6.07) is 4.00. The molecule has 3 heterocycles. The smallest absolute Gasteiger partial charge is 0.238 e. The lowest BCUT2D eigenvalue weighted by Gasteiger charge is -2.04. The molecule has 0 atom stereocenters. The largest absolute Gasteiger partial charge is 0.367 e. The molecule has 104 valence electrons. The monoisotopic (exact) mass is 278 g/mol. The summed E-state index contributed by atoms with van der Waals surface area (Å²) < 4.78 is 1.71. The zero-order chi connectivity index (χ0) is 14.8. The Hall–Kier alpha value is -3.02. The van der Waals surface area contributed by atoms with Gasteiger partial charge in [-0.3, -0.25) is 0 Å². The number of nitrogens with zero attached hydrogens (tertiary/aromatic N) is 5. The second kappa shape index (κ2) is 5.16. The minimum absolute atomic E-state index is 0.244. The molecular weight excluding hydrogens is 264 g/mol. The third kappa shape index (κ3) is 2.38. The third-order valence-electron chi connectivity index (χ3n) is 3.10. The Labute approximate surface area is 121 Å². The molecule has 0 aliphatic heterocycles. The van der Waals surface area contributed by atoms with E-state index < -0.39 is 0 Å². The van der Waals surface area contributed by atoms with E-state index in [0.29, 0.717) is 5.82 Å². The quantitative estimate of drug-likeness (QED) is 0.746. The molecule has 0 unspecified atom stereocenters. The Morgan fingerprint density at radius 3 is 2.95 bits per heavy atom. The molecule has 0 saturated heterocycles. The van der Waals surface area contributed by atoms with Crippen LogP contribution in [0.1, 0.15) is 5.56 Å². The predicted molar refractivity (Wildman–Crippen MR) is 83.7 cm³/mol. The van der Waals surface area contributed by atoms with Gasteiger partial charge in [0.1, 0.15) is 0 Å². The average molecular weight is 278 g/mol. The number of fused-ring (bicyclic) bond motifs is 1. The summed E-state index contributed by atoms with van der Waals surface area (Å²) >= 11 is 0. The van der Waals surface area contributed by atoms with Crippen LogP contribution in [0.3, 0.4) is 0 Å². The number of anilines is 1. The van der Waals surface area contributed by atoms with Crippen LogP contribution in [0.4, 0.5) is 11.8 Å². The SMILES string of the molecule is C=CC=Nc1ncc(-c2ccn3nc(N)ncc23)cc1C. The molecule has 3 aromatic rings. The number of allylic oxidation sites excluding steroid dienone is 1. The van der Waals surface area contributed by atoms with Gasteiger partial charge in [0.05, 0.1) is 11.7 Å². The molecule has 21 heavy (non-hydrogen) atoms. The molecule has 0 aliphatic rings. The number of pyridine rings is 1. The van der Waals surface area contributed by atoms with E-state index in [2.05, 4.69) is 26.6 Å². The number of rotatable bonds is 3. The summed E-state index contributed by atoms with van der Waals surface area (Å²) in [4.78, 5) is 12.6. The fraction of sp³-hybridized carbons (Fsp3) is 0.0667. The Balaban J connectivity index is 2.08. The molecule has 0 bridgehead atoms. The highest BCUT2D eigenvalue weighted by atomic mass is 15.3. The number of aryl methyl sites for hydroxylation is 1. The van der Waals surface area contributed by atoms with Gasteiger partial charge in [-0.2, -0.15) is 0 Å². The Bertz CT molecular complexity index is 846. The maximum atomic E-state index is 5.58. The van der Waals surface area contributed by atoms with Gasteiger partial charge in [-0.05, 0) is 24.6 Å². The van der Waals surface area contributed by atoms with Gasteiger partial charge < -0.3 is 5.73 Å². The minimum Gasteiger partial charge on any atom is -0.367 e. The van der Waals surface area contributed by atoms with Crippen LogP contribution in [-0.2, 0) is 0 Å². The first kappa shape index (κ1) is 13.0. The van der Waals surface area contributed by atoms with E-state index in [-0.39, 0.29) is 5.95 Å². The summed E-state index contributed by atoms with van der Waals surface area (Å²) in [5.74, 6) is 0.927. The van der Waals surface area contributed by atoms with Crippen LogP contribution in [0.2, 0.25) is 0 Å². The van der Waals surface area contributed by atoms with Crippen molar-refractivity contribution in [1.82, 2.24) is 19.6 Å². The number of hydrogen-bond donors (Lipinski definition) is 1. The molecule has 3 rings (SSSR count). The number of nitrogens with two attached hydrogens (primary N) is 1. The second-order valence-electron chi connectivity index (χ2n) is 4.55. The van der Waals surface area contributed by atoms with E-state index in [9.17, 15) is 0 Å². The maximum absolute atomic E-state index is 5.58. The zero-order valence-corrected chi connectivity index (χ0v) is 11.6. The lowest BCUT2D eigenvalue weighted by atomic mass is 10.1. The first-order valence-corrected chi connectivity index (χ1v) is 6.41. The fourth-order valence-corrected chi connectivity index (χ4v) is 2.13. The van der Waals surface area contributed by atoms with Gasteiger partial charge in [0.15, 0.2) is 5.82 Å². The molecule has 0 radical (unpaired) electrons. The van der Waals surface area contributed by atoms with E-state index >= 15 is 0 Å². The molecule has 0 fully saturated rings. The predicted octanol–water partition coefficient (Wildman–Crippen LogP) is 2.57. The molecule has 3 aromatic heterocycles. The summed E-state index contributed by atoms with van der Waals surface area (Å²) in [5, 5.41) is 4.13. The first-order valence-electron chi connectivity index (χ1n) is 6.41. The van der Waals surface area contributed by atoms with Crippen molar-refractivity contribution >= 4 is 23.5 Å². The second-order valence-corrected chi connectivity index (χ2v) is 4.55. The van der Waals surface area contributed by atoms with Crippen molar-refractivity contribution in [2.24, 2.45) is 4.99 Å². The van der Waals surface area contributed by atoms with Gasteiger partial charge in [-0.15, -0.1) is 5.10 Å². The van der Waals surface area contributed by atoms with Gasteiger partial charge in [0.2, 0.25) is 5.95 Å². The van der Waals surface area contributed by atoms with E-state index in [1.54, 1.807) is 29.2 Å². The van der Waals surface area contributed by atoms with Crippen molar-refractivity contribution in [3.05, 3.63) is 48.9 Å². The molecule has 0 amide bonds. The third-order valence-corrected chi connectivity index (χ3v) is 3.10. The Morgan fingerprint density at radius 1 is 1.33 bits per heavy atom. The standard InChI is InChI=1S/C15H14N6/c1-3-5-17-14-10(2)7-11(8-18-14)12-4-6-21-13(12)9-19-15(16)20-21/h3-9H,1H2,2H3,(H2,16,20). The van der Waals surface area contributed by atoms with Crippen LogP contribution >= 0.6 is 0 Å². The first-order chi connectivity index (χ1) is 10.2. The van der Waals surface area contributed by atoms with Crippen LogP contribution in [-0.4, -0.2) is 25.8 Å². The highest BCUT2D eigenvalue weighted by Gasteiger charge is 2.09. The van der Waals surface area contributed by atoms with Gasteiger partial charge in [0, 0.05) is 29.7 Å². The number of aromatic nitrogens is 4. The van der Waals surface area contributed by atoms with Gasteiger partial charge in [-0.25, -0.2) is 19.5 Å².